The number of hydrogen-bond donors (Lipinski definition) is 2. The van der Waals surface area contributed by atoms with Gasteiger partial charge in [-0.3, -0.25) is 4.90 Å². The van der Waals surface area contributed by atoms with Crippen LogP contribution in [0.1, 0.15) is 12.0 Å². The van der Waals surface area contributed by atoms with Crippen LogP contribution in [0.4, 0.5) is 0 Å². The summed E-state index contributed by atoms with van der Waals surface area (Å²) in [4.78, 5) is 2.17. The number of rotatable bonds is 4. The van der Waals surface area contributed by atoms with Crippen molar-refractivity contribution in [2.75, 3.05) is 40.0 Å². The molecule has 0 spiro atoms. The van der Waals surface area contributed by atoms with Gasteiger partial charge in [0.05, 0.1) is 13.2 Å². The summed E-state index contributed by atoms with van der Waals surface area (Å²) < 4.78 is 16.7. The first-order valence-electron chi connectivity index (χ1n) is 7.69. The molecular formula is C16H23NO5. The van der Waals surface area contributed by atoms with Crippen molar-refractivity contribution in [1.29, 1.82) is 0 Å². The van der Waals surface area contributed by atoms with Crippen molar-refractivity contribution < 1.29 is 24.4 Å². The number of methoxy groups -OCH3 is 1. The van der Waals surface area contributed by atoms with E-state index in [1.54, 1.807) is 7.11 Å². The van der Waals surface area contributed by atoms with Crippen molar-refractivity contribution in [3.05, 3.63) is 17.7 Å². The fourth-order valence-corrected chi connectivity index (χ4v) is 3.07. The maximum Gasteiger partial charge on any atom is 0.165 e. The van der Waals surface area contributed by atoms with Crippen molar-refractivity contribution in [2.45, 2.75) is 19.1 Å². The first kappa shape index (κ1) is 15.4. The van der Waals surface area contributed by atoms with Crippen molar-refractivity contribution in [1.82, 2.24) is 4.90 Å². The lowest BCUT2D eigenvalue weighted by Crippen LogP contribution is -2.44. The zero-order valence-electron chi connectivity index (χ0n) is 12.8. The summed E-state index contributed by atoms with van der Waals surface area (Å²) in [5.41, 5.74) is 1.02. The molecule has 2 aliphatic rings. The third-order valence-corrected chi connectivity index (χ3v) is 4.38. The summed E-state index contributed by atoms with van der Waals surface area (Å²) in [6.45, 7) is 3.23. The molecule has 1 fully saturated rings. The van der Waals surface area contributed by atoms with Gasteiger partial charge in [0.2, 0.25) is 0 Å². The van der Waals surface area contributed by atoms with Crippen LogP contribution in [0.25, 0.3) is 0 Å². The third kappa shape index (κ3) is 3.14. The molecule has 2 heterocycles. The molecule has 0 aromatic heterocycles. The fraction of sp³-hybridized carbons (Fsp3) is 0.625. The highest BCUT2D eigenvalue weighted by Gasteiger charge is 2.28. The molecule has 0 radical (unpaired) electrons. The summed E-state index contributed by atoms with van der Waals surface area (Å²) in [5, 5.41) is 19.3. The standard InChI is InChI=1S/C16H23NO5/c1-20-14-7-16-15(21-4-5-22-16)6-12(14)8-17-3-2-11(10-18)13(19)9-17/h6-7,11,13,18-19H,2-5,8-10H2,1H3/t11-,13-/m1/s1. The van der Waals surface area contributed by atoms with Crippen LogP contribution in [0, 0.1) is 5.92 Å². The summed E-state index contributed by atoms with van der Waals surface area (Å²) in [7, 11) is 1.64. The highest BCUT2D eigenvalue weighted by molar-refractivity contribution is 5.51. The second-order valence-electron chi connectivity index (χ2n) is 5.84. The Bertz CT molecular complexity index is 522. The van der Waals surface area contributed by atoms with E-state index in [0.717, 1.165) is 30.0 Å². The Morgan fingerprint density at radius 2 is 2.00 bits per heavy atom. The number of benzene rings is 1. The second kappa shape index (κ2) is 6.73. The van der Waals surface area contributed by atoms with Crippen LogP contribution < -0.4 is 14.2 Å². The second-order valence-corrected chi connectivity index (χ2v) is 5.84. The van der Waals surface area contributed by atoms with Crippen LogP contribution in [0.15, 0.2) is 12.1 Å². The van der Waals surface area contributed by atoms with Crippen molar-refractivity contribution in [3.63, 3.8) is 0 Å². The molecule has 1 saturated heterocycles. The van der Waals surface area contributed by atoms with Gasteiger partial charge in [-0.2, -0.15) is 0 Å². The summed E-state index contributed by atoms with van der Waals surface area (Å²) >= 11 is 0. The van der Waals surface area contributed by atoms with Gasteiger partial charge in [-0.25, -0.2) is 0 Å². The van der Waals surface area contributed by atoms with Gasteiger partial charge in [-0.05, 0) is 19.0 Å². The molecule has 3 rings (SSSR count). The SMILES string of the molecule is COc1cc2c(cc1CN1CC[C@H](CO)[C@H](O)C1)OCCO2. The average Bonchev–Trinajstić information content (AvgIpc) is 2.54. The summed E-state index contributed by atoms with van der Waals surface area (Å²) in [6, 6.07) is 3.82. The largest absolute Gasteiger partial charge is 0.496 e. The zero-order valence-corrected chi connectivity index (χ0v) is 12.8. The van der Waals surface area contributed by atoms with Crippen LogP contribution in [-0.4, -0.2) is 61.2 Å². The van der Waals surface area contributed by atoms with Gasteiger partial charge in [0, 0.05) is 37.2 Å². The molecule has 0 amide bonds. The average molecular weight is 309 g/mol. The molecule has 0 aliphatic carbocycles. The molecule has 0 saturated carbocycles. The van der Waals surface area contributed by atoms with E-state index in [1.165, 1.54) is 0 Å². The molecule has 122 valence electrons. The van der Waals surface area contributed by atoms with Gasteiger partial charge in [-0.1, -0.05) is 0 Å². The number of likely N-dealkylation sites (tertiary alicyclic amines) is 1. The van der Waals surface area contributed by atoms with Crippen molar-refractivity contribution in [2.24, 2.45) is 5.92 Å². The first-order valence-corrected chi connectivity index (χ1v) is 7.69. The Balaban J connectivity index is 1.74. The number of aliphatic hydroxyl groups is 2. The van der Waals surface area contributed by atoms with Crippen LogP contribution in [-0.2, 0) is 6.54 Å². The Morgan fingerprint density at radius 1 is 1.27 bits per heavy atom. The van der Waals surface area contributed by atoms with E-state index in [1.807, 2.05) is 12.1 Å². The van der Waals surface area contributed by atoms with Crippen LogP contribution in [0.5, 0.6) is 17.2 Å². The van der Waals surface area contributed by atoms with Crippen molar-refractivity contribution >= 4 is 0 Å². The molecule has 22 heavy (non-hydrogen) atoms. The molecule has 2 atom stereocenters. The smallest absolute Gasteiger partial charge is 0.165 e. The van der Waals surface area contributed by atoms with E-state index in [4.69, 9.17) is 14.2 Å². The molecule has 0 unspecified atom stereocenters. The van der Waals surface area contributed by atoms with E-state index in [9.17, 15) is 10.2 Å². The Kier molecular flexibility index (Phi) is 4.71. The summed E-state index contributed by atoms with van der Waals surface area (Å²) in [5.74, 6) is 2.21. The molecule has 0 bridgehead atoms. The molecule has 1 aromatic rings. The maximum atomic E-state index is 10.1. The molecular weight excluding hydrogens is 286 g/mol. The lowest BCUT2D eigenvalue weighted by molar-refractivity contribution is -0.00466. The lowest BCUT2D eigenvalue weighted by Gasteiger charge is -2.35. The highest BCUT2D eigenvalue weighted by Crippen LogP contribution is 2.37. The lowest BCUT2D eigenvalue weighted by atomic mass is 9.94. The van der Waals surface area contributed by atoms with E-state index >= 15 is 0 Å². The first-order chi connectivity index (χ1) is 10.7. The predicted octanol–water partition coefficient (Wildman–Crippen LogP) is 0.641. The predicted molar refractivity (Wildman–Crippen MR) is 80.5 cm³/mol. The number of ether oxygens (including phenoxy) is 3. The summed E-state index contributed by atoms with van der Waals surface area (Å²) in [6.07, 6.45) is 0.312. The highest BCUT2D eigenvalue weighted by atomic mass is 16.6. The molecule has 1 aromatic carbocycles. The van der Waals surface area contributed by atoms with Crippen LogP contribution in [0.2, 0.25) is 0 Å². The Morgan fingerprint density at radius 3 is 2.64 bits per heavy atom. The Labute approximate surface area is 130 Å². The monoisotopic (exact) mass is 309 g/mol. The van der Waals surface area contributed by atoms with Gasteiger partial charge >= 0.3 is 0 Å². The number of fused-ring (bicyclic) bond motifs is 1. The van der Waals surface area contributed by atoms with E-state index in [0.29, 0.717) is 32.1 Å². The maximum absolute atomic E-state index is 10.1. The van der Waals surface area contributed by atoms with Gasteiger partial charge in [0.15, 0.2) is 11.5 Å². The minimum atomic E-state index is -0.484. The third-order valence-electron chi connectivity index (χ3n) is 4.38. The zero-order chi connectivity index (χ0) is 15.5. The Hall–Kier alpha value is -1.50. The van der Waals surface area contributed by atoms with E-state index in [2.05, 4.69) is 4.90 Å². The van der Waals surface area contributed by atoms with Crippen LogP contribution in [0.3, 0.4) is 0 Å². The quantitative estimate of drug-likeness (QED) is 0.850. The molecule has 2 aliphatic heterocycles. The number of hydrogen-bond acceptors (Lipinski definition) is 6. The van der Waals surface area contributed by atoms with Gasteiger partial charge in [0.25, 0.3) is 0 Å². The normalized spacial score (nSPS) is 25.0. The fourth-order valence-electron chi connectivity index (χ4n) is 3.07. The minimum absolute atomic E-state index is 0.0154. The van der Waals surface area contributed by atoms with Crippen LogP contribution >= 0.6 is 0 Å². The van der Waals surface area contributed by atoms with Crippen molar-refractivity contribution in [3.8, 4) is 17.2 Å². The van der Waals surface area contributed by atoms with E-state index < -0.39 is 6.10 Å². The van der Waals surface area contributed by atoms with Gasteiger partial charge < -0.3 is 24.4 Å². The molecule has 6 heteroatoms. The molecule has 6 nitrogen and oxygen atoms in total. The number of piperidine rings is 1. The number of nitrogens with zero attached hydrogens (tertiary/aromatic N) is 1. The minimum Gasteiger partial charge on any atom is -0.496 e. The van der Waals surface area contributed by atoms with E-state index in [-0.39, 0.29) is 12.5 Å². The van der Waals surface area contributed by atoms with Gasteiger partial charge in [-0.15, -0.1) is 0 Å². The number of aliphatic hydroxyl groups excluding tert-OH is 2. The van der Waals surface area contributed by atoms with Gasteiger partial charge in [0.1, 0.15) is 19.0 Å². The topological polar surface area (TPSA) is 71.4 Å². The number of β-amino-alcohol motifs (C(OH)–C–C–N with tert-alkyl or cyclic N) is 1. The molecule has 2 N–H and O–H groups in total.